The summed E-state index contributed by atoms with van der Waals surface area (Å²) in [6.07, 6.45) is 13.3. The zero-order valence-corrected chi connectivity index (χ0v) is 16.6. The van der Waals surface area contributed by atoms with Crippen molar-refractivity contribution in [2.24, 2.45) is 5.92 Å². The zero-order chi connectivity index (χ0) is 18.1. The van der Waals surface area contributed by atoms with E-state index in [1.54, 1.807) is 0 Å². The number of amides is 1. The van der Waals surface area contributed by atoms with Gasteiger partial charge in [0.2, 0.25) is 5.91 Å². The van der Waals surface area contributed by atoms with Crippen LogP contribution in [-0.2, 0) is 4.79 Å². The lowest BCUT2D eigenvalue weighted by Gasteiger charge is -2.32. The van der Waals surface area contributed by atoms with Gasteiger partial charge in [0.25, 0.3) is 0 Å². The highest BCUT2D eigenvalue weighted by Gasteiger charge is 2.34. The van der Waals surface area contributed by atoms with Gasteiger partial charge in [-0.1, -0.05) is 58.8 Å². The first-order chi connectivity index (χ1) is 12.1. The Labute approximate surface area is 154 Å². The summed E-state index contributed by atoms with van der Waals surface area (Å²) in [5, 5.41) is 14.0. The lowest BCUT2D eigenvalue weighted by molar-refractivity contribution is -0.127. The highest BCUT2D eigenvalue weighted by molar-refractivity contribution is 5.82. The van der Waals surface area contributed by atoms with Crippen LogP contribution in [-0.4, -0.2) is 47.2 Å². The third kappa shape index (κ3) is 6.56. The van der Waals surface area contributed by atoms with E-state index in [9.17, 15) is 9.90 Å². The second kappa shape index (κ2) is 10.5. The molecule has 1 saturated carbocycles. The molecule has 2 N–H and O–H groups in total. The summed E-state index contributed by atoms with van der Waals surface area (Å²) in [5.41, 5.74) is -0.687. The summed E-state index contributed by atoms with van der Waals surface area (Å²) < 4.78 is 0. The van der Waals surface area contributed by atoms with Crippen molar-refractivity contribution in [1.29, 1.82) is 0 Å². The van der Waals surface area contributed by atoms with Gasteiger partial charge in [0, 0.05) is 13.1 Å². The molecule has 146 valence electrons. The van der Waals surface area contributed by atoms with Crippen LogP contribution in [0, 0.1) is 5.92 Å². The minimum atomic E-state index is -0.687. The van der Waals surface area contributed by atoms with Crippen molar-refractivity contribution in [1.82, 2.24) is 10.2 Å². The van der Waals surface area contributed by atoms with Gasteiger partial charge in [0.05, 0.1) is 11.6 Å². The molecule has 1 heterocycles. The number of likely N-dealkylation sites (tertiary alicyclic amines) is 1. The Morgan fingerprint density at radius 2 is 1.84 bits per heavy atom. The lowest BCUT2D eigenvalue weighted by atomic mass is 9.87. The summed E-state index contributed by atoms with van der Waals surface area (Å²) >= 11 is 0. The monoisotopic (exact) mass is 352 g/mol. The van der Waals surface area contributed by atoms with Gasteiger partial charge >= 0.3 is 0 Å². The highest BCUT2D eigenvalue weighted by atomic mass is 16.3. The maximum atomic E-state index is 12.8. The molecule has 2 aliphatic rings. The van der Waals surface area contributed by atoms with E-state index in [1.165, 1.54) is 38.5 Å². The lowest BCUT2D eigenvalue weighted by Crippen LogP contribution is -2.50. The first kappa shape index (κ1) is 20.7. The number of carbonyl (C=O) groups is 1. The van der Waals surface area contributed by atoms with Crippen LogP contribution in [0.5, 0.6) is 0 Å². The second-order valence-electron chi connectivity index (χ2n) is 8.43. The number of hydrogen-bond acceptors (Lipinski definition) is 3. The fourth-order valence-corrected chi connectivity index (χ4v) is 4.62. The molecule has 4 heteroatoms. The van der Waals surface area contributed by atoms with Crippen LogP contribution < -0.4 is 5.32 Å². The normalized spacial score (nSPS) is 26.0. The first-order valence-corrected chi connectivity index (χ1v) is 10.8. The molecule has 25 heavy (non-hydrogen) atoms. The van der Waals surface area contributed by atoms with Crippen LogP contribution in [0.1, 0.15) is 90.9 Å². The summed E-state index contributed by atoms with van der Waals surface area (Å²) in [5.74, 6) is 0.840. The zero-order valence-electron chi connectivity index (χ0n) is 16.6. The number of hydrogen-bond donors (Lipinski definition) is 2. The molecular formula is C21H40N2O2. The van der Waals surface area contributed by atoms with Crippen LogP contribution in [0.2, 0.25) is 0 Å². The summed E-state index contributed by atoms with van der Waals surface area (Å²) in [6.45, 7) is 7.03. The van der Waals surface area contributed by atoms with Crippen molar-refractivity contribution >= 4 is 5.91 Å². The van der Waals surface area contributed by atoms with Gasteiger partial charge in [-0.3, -0.25) is 9.69 Å². The van der Waals surface area contributed by atoms with Crippen LogP contribution in [0.25, 0.3) is 0 Å². The van der Waals surface area contributed by atoms with Gasteiger partial charge in [-0.05, 0) is 44.6 Å². The first-order valence-electron chi connectivity index (χ1n) is 10.8. The van der Waals surface area contributed by atoms with Crippen molar-refractivity contribution in [3.05, 3.63) is 0 Å². The number of carbonyl (C=O) groups excluding carboxylic acids is 1. The largest absolute Gasteiger partial charge is 0.388 e. The van der Waals surface area contributed by atoms with Crippen LogP contribution in [0.4, 0.5) is 0 Å². The third-order valence-corrected chi connectivity index (χ3v) is 6.31. The molecule has 0 bridgehead atoms. The minimum Gasteiger partial charge on any atom is -0.388 e. The molecule has 0 aromatic carbocycles. The average molecular weight is 353 g/mol. The number of aliphatic hydroxyl groups is 1. The molecule has 2 atom stereocenters. The van der Waals surface area contributed by atoms with Crippen LogP contribution in [0.15, 0.2) is 0 Å². The van der Waals surface area contributed by atoms with Gasteiger partial charge in [-0.2, -0.15) is 0 Å². The van der Waals surface area contributed by atoms with E-state index >= 15 is 0 Å². The van der Waals surface area contributed by atoms with Gasteiger partial charge in [0.1, 0.15) is 0 Å². The standard InChI is InChI=1S/C21H40N2O2/c1-3-11-18(4-2)16-23-15-10-12-19(23)20(24)22-17-21(25)13-8-6-5-7-9-14-21/h18-19,25H,3-17H2,1-2H3,(H,22,24)/t18?,19-/m1/s1. The number of nitrogens with zero attached hydrogens (tertiary/aromatic N) is 1. The van der Waals surface area contributed by atoms with E-state index in [0.29, 0.717) is 12.5 Å². The number of rotatable bonds is 8. The third-order valence-electron chi connectivity index (χ3n) is 6.31. The fourth-order valence-electron chi connectivity index (χ4n) is 4.62. The average Bonchev–Trinajstić information content (AvgIpc) is 3.04. The molecule has 1 aliphatic heterocycles. The Hall–Kier alpha value is -0.610. The smallest absolute Gasteiger partial charge is 0.237 e. The minimum absolute atomic E-state index is 0.0167. The van der Waals surface area contributed by atoms with Gasteiger partial charge in [-0.25, -0.2) is 0 Å². The maximum Gasteiger partial charge on any atom is 0.237 e. The maximum absolute atomic E-state index is 12.8. The molecule has 1 unspecified atom stereocenters. The quantitative estimate of drug-likeness (QED) is 0.697. The summed E-state index contributed by atoms with van der Waals surface area (Å²) in [6, 6.07) is 0.0167. The van der Waals surface area contributed by atoms with Gasteiger partial charge in [-0.15, -0.1) is 0 Å². The molecule has 0 aromatic rings. The van der Waals surface area contributed by atoms with E-state index in [-0.39, 0.29) is 11.9 Å². The van der Waals surface area contributed by atoms with Crippen LogP contribution >= 0.6 is 0 Å². The fraction of sp³-hybridized carbons (Fsp3) is 0.952. The SMILES string of the molecule is CCCC(CC)CN1CCC[C@@H]1C(=O)NCC1(O)CCCCCCC1. The van der Waals surface area contributed by atoms with Crippen molar-refractivity contribution in [3.8, 4) is 0 Å². The van der Waals surface area contributed by atoms with Crippen LogP contribution in [0.3, 0.4) is 0 Å². The topological polar surface area (TPSA) is 52.6 Å². The van der Waals surface area contributed by atoms with Crippen molar-refractivity contribution in [2.45, 2.75) is 103 Å². The molecule has 0 spiro atoms. The van der Waals surface area contributed by atoms with Crippen molar-refractivity contribution in [3.63, 3.8) is 0 Å². The second-order valence-corrected chi connectivity index (χ2v) is 8.43. The summed E-state index contributed by atoms with van der Waals surface area (Å²) in [4.78, 5) is 15.1. The Kier molecular flexibility index (Phi) is 8.71. The Balaban J connectivity index is 1.83. The predicted octanol–water partition coefficient (Wildman–Crippen LogP) is 3.87. The van der Waals surface area contributed by atoms with E-state index in [0.717, 1.165) is 51.6 Å². The van der Waals surface area contributed by atoms with Gasteiger partial charge in [0.15, 0.2) is 0 Å². The molecule has 1 amide bonds. The van der Waals surface area contributed by atoms with E-state index in [2.05, 4.69) is 24.1 Å². The summed E-state index contributed by atoms with van der Waals surface area (Å²) in [7, 11) is 0. The van der Waals surface area contributed by atoms with Crippen molar-refractivity contribution < 1.29 is 9.90 Å². The molecule has 2 fully saturated rings. The van der Waals surface area contributed by atoms with Crippen molar-refractivity contribution in [2.75, 3.05) is 19.6 Å². The number of nitrogens with one attached hydrogen (secondary N) is 1. The predicted molar refractivity (Wildman–Crippen MR) is 104 cm³/mol. The molecule has 0 radical (unpaired) electrons. The molecule has 0 aromatic heterocycles. The van der Waals surface area contributed by atoms with Gasteiger partial charge < -0.3 is 10.4 Å². The molecule has 1 aliphatic carbocycles. The Bertz CT molecular complexity index is 391. The Morgan fingerprint density at radius 3 is 2.48 bits per heavy atom. The molecular weight excluding hydrogens is 312 g/mol. The molecule has 4 nitrogen and oxygen atoms in total. The van der Waals surface area contributed by atoms with E-state index in [1.807, 2.05) is 0 Å². The molecule has 2 rings (SSSR count). The van der Waals surface area contributed by atoms with E-state index in [4.69, 9.17) is 0 Å². The molecule has 1 saturated heterocycles. The Morgan fingerprint density at radius 1 is 1.16 bits per heavy atom. The highest BCUT2D eigenvalue weighted by Crippen LogP contribution is 2.26. The van der Waals surface area contributed by atoms with E-state index < -0.39 is 5.60 Å².